The first-order valence-electron chi connectivity index (χ1n) is 5.10. The van der Waals surface area contributed by atoms with Gasteiger partial charge in [-0.1, -0.05) is 0 Å². The number of phenols is 1. The van der Waals surface area contributed by atoms with Gasteiger partial charge in [-0.15, -0.1) is 11.8 Å². The Bertz CT molecular complexity index is 454. The molecule has 4 nitrogen and oxygen atoms in total. The molecular formula is C12H14O4S. The quantitative estimate of drug-likeness (QED) is 0.386. The van der Waals surface area contributed by atoms with E-state index < -0.39 is 11.8 Å². The summed E-state index contributed by atoms with van der Waals surface area (Å²) >= 11 is 1.34. The van der Waals surface area contributed by atoms with E-state index >= 15 is 0 Å². The molecule has 5 heteroatoms. The van der Waals surface area contributed by atoms with Crippen LogP contribution in [-0.2, 0) is 9.53 Å². The first kappa shape index (κ1) is 13.6. The number of aromatic hydroxyl groups is 1. The van der Waals surface area contributed by atoms with Crippen molar-refractivity contribution in [1.82, 2.24) is 0 Å². The van der Waals surface area contributed by atoms with Gasteiger partial charge in [0.25, 0.3) is 5.78 Å². The number of thioether (sulfide) groups is 1. The highest BCUT2D eigenvalue weighted by Crippen LogP contribution is 2.28. The fourth-order valence-electron chi connectivity index (χ4n) is 1.32. The second-order valence-electron chi connectivity index (χ2n) is 3.39. The van der Waals surface area contributed by atoms with Crippen molar-refractivity contribution in [2.45, 2.75) is 18.7 Å². The van der Waals surface area contributed by atoms with Gasteiger partial charge in [-0.25, -0.2) is 4.79 Å². The van der Waals surface area contributed by atoms with Crippen molar-refractivity contribution in [1.29, 1.82) is 0 Å². The predicted octanol–water partition coefficient (Wildman–Crippen LogP) is 2.17. The highest BCUT2D eigenvalue weighted by molar-refractivity contribution is 7.98. The van der Waals surface area contributed by atoms with Gasteiger partial charge in [-0.2, -0.15) is 0 Å². The number of ketones is 1. The number of carbonyl (C=O) groups is 2. The maximum atomic E-state index is 11.8. The monoisotopic (exact) mass is 254 g/mol. The van der Waals surface area contributed by atoms with Crippen molar-refractivity contribution < 1.29 is 19.4 Å². The molecule has 92 valence electrons. The van der Waals surface area contributed by atoms with E-state index in [0.717, 1.165) is 0 Å². The summed E-state index contributed by atoms with van der Waals surface area (Å²) in [6.07, 6.45) is 1.80. The Morgan fingerprint density at radius 2 is 2.06 bits per heavy atom. The molecule has 0 aliphatic heterocycles. The van der Waals surface area contributed by atoms with E-state index in [1.165, 1.54) is 17.8 Å². The third kappa shape index (κ3) is 3.00. The first-order chi connectivity index (χ1) is 8.01. The smallest absolute Gasteiger partial charge is 0.379 e. The molecule has 1 aromatic rings. The fourth-order valence-corrected chi connectivity index (χ4v) is 1.99. The van der Waals surface area contributed by atoms with Crippen molar-refractivity contribution in [3.63, 3.8) is 0 Å². The maximum Gasteiger partial charge on any atom is 0.379 e. The molecular weight excluding hydrogens is 240 g/mol. The van der Waals surface area contributed by atoms with Crippen LogP contribution in [-0.4, -0.2) is 29.7 Å². The van der Waals surface area contributed by atoms with Gasteiger partial charge in [-0.3, -0.25) is 4.79 Å². The summed E-state index contributed by atoms with van der Waals surface area (Å²) < 4.78 is 4.65. The minimum Gasteiger partial charge on any atom is -0.508 e. The van der Waals surface area contributed by atoms with Gasteiger partial charge in [0.1, 0.15) is 5.75 Å². The van der Waals surface area contributed by atoms with Crippen LogP contribution in [0.1, 0.15) is 22.8 Å². The van der Waals surface area contributed by atoms with Crippen LogP contribution in [0, 0.1) is 6.92 Å². The number of phenolic OH excluding ortho intramolecular Hbond substituents is 1. The molecule has 0 amide bonds. The zero-order valence-electron chi connectivity index (χ0n) is 9.94. The van der Waals surface area contributed by atoms with Crippen LogP contribution in [0.25, 0.3) is 0 Å². The van der Waals surface area contributed by atoms with Gasteiger partial charge < -0.3 is 9.84 Å². The van der Waals surface area contributed by atoms with Crippen LogP contribution in [0.4, 0.5) is 0 Å². The Balaban J connectivity index is 3.16. The molecule has 0 atom stereocenters. The normalized spacial score (nSPS) is 10.1. The molecule has 0 saturated heterocycles. The second kappa shape index (κ2) is 5.72. The number of carbonyl (C=O) groups excluding carboxylic acids is 2. The molecule has 0 aliphatic carbocycles. The zero-order valence-corrected chi connectivity index (χ0v) is 10.8. The van der Waals surface area contributed by atoms with Crippen LogP contribution in [0.3, 0.4) is 0 Å². The Morgan fingerprint density at radius 3 is 2.59 bits per heavy atom. The fraction of sp³-hybridized carbons (Fsp3) is 0.333. The molecule has 0 radical (unpaired) electrons. The molecule has 0 fully saturated rings. The van der Waals surface area contributed by atoms with E-state index in [9.17, 15) is 14.7 Å². The van der Waals surface area contributed by atoms with E-state index in [0.29, 0.717) is 10.5 Å². The Morgan fingerprint density at radius 1 is 1.41 bits per heavy atom. The van der Waals surface area contributed by atoms with Crippen LogP contribution < -0.4 is 0 Å². The van der Waals surface area contributed by atoms with Crippen LogP contribution >= 0.6 is 11.8 Å². The number of rotatable bonds is 4. The Labute approximate surface area is 104 Å². The molecule has 0 spiro atoms. The average Bonchev–Trinajstić information content (AvgIpc) is 2.31. The van der Waals surface area contributed by atoms with Crippen LogP contribution in [0.2, 0.25) is 0 Å². The van der Waals surface area contributed by atoms with Gasteiger partial charge >= 0.3 is 5.97 Å². The number of Topliss-reactive ketones (excluding diaryl/α,β-unsaturated/α-hetero) is 1. The number of hydrogen-bond acceptors (Lipinski definition) is 5. The highest BCUT2D eigenvalue weighted by Gasteiger charge is 2.21. The third-order valence-electron chi connectivity index (χ3n) is 2.22. The second-order valence-corrected chi connectivity index (χ2v) is 4.24. The lowest BCUT2D eigenvalue weighted by atomic mass is 10.1. The molecule has 0 bridgehead atoms. The lowest BCUT2D eigenvalue weighted by Crippen LogP contribution is -2.18. The molecule has 1 N–H and O–H groups in total. The summed E-state index contributed by atoms with van der Waals surface area (Å²) in [7, 11) is 0. The average molecular weight is 254 g/mol. The summed E-state index contributed by atoms with van der Waals surface area (Å²) in [5.74, 6) is -1.63. The lowest BCUT2D eigenvalue weighted by molar-refractivity contribution is -0.137. The first-order valence-corrected chi connectivity index (χ1v) is 6.32. The maximum absolute atomic E-state index is 11.8. The standard InChI is InChI=1S/C12H14O4S/c1-4-16-12(15)11(14)8-6-9(13)7(2)5-10(8)17-3/h5-6,13H,4H2,1-3H3. The van der Waals surface area contributed by atoms with Gasteiger partial charge in [0.05, 0.1) is 6.61 Å². The number of hydrogen-bond donors (Lipinski definition) is 1. The minimum absolute atomic E-state index is 0.00421. The summed E-state index contributed by atoms with van der Waals surface area (Å²) in [5, 5.41) is 9.57. The summed E-state index contributed by atoms with van der Waals surface area (Å²) in [6.45, 7) is 3.51. The molecule has 17 heavy (non-hydrogen) atoms. The molecule has 0 heterocycles. The Kier molecular flexibility index (Phi) is 4.57. The van der Waals surface area contributed by atoms with Gasteiger partial charge in [0, 0.05) is 10.5 Å². The zero-order chi connectivity index (χ0) is 13.0. The van der Waals surface area contributed by atoms with Crippen molar-refractivity contribution in [2.75, 3.05) is 12.9 Å². The lowest BCUT2D eigenvalue weighted by Gasteiger charge is -2.08. The summed E-state index contributed by atoms with van der Waals surface area (Å²) in [4.78, 5) is 23.8. The van der Waals surface area contributed by atoms with Crippen LogP contribution in [0.15, 0.2) is 17.0 Å². The molecule has 1 aromatic carbocycles. The molecule has 0 aliphatic rings. The number of esters is 1. The SMILES string of the molecule is CCOC(=O)C(=O)c1cc(O)c(C)cc1SC. The van der Waals surface area contributed by atoms with Crippen LogP contribution in [0.5, 0.6) is 5.75 Å². The van der Waals surface area contributed by atoms with E-state index in [1.54, 1.807) is 26.2 Å². The van der Waals surface area contributed by atoms with Crippen molar-refractivity contribution in [3.8, 4) is 5.75 Å². The van der Waals surface area contributed by atoms with E-state index in [2.05, 4.69) is 4.74 Å². The van der Waals surface area contributed by atoms with Gasteiger partial charge in [0.2, 0.25) is 0 Å². The van der Waals surface area contributed by atoms with Crippen molar-refractivity contribution >= 4 is 23.5 Å². The van der Waals surface area contributed by atoms with E-state index in [-0.39, 0.29) is 17.9 Å². The summed E-state index contributed by atoms with van der Waals surface area (Å²) in [6, 6.07) is 2.98. The largest absolute Gasteiger partial charge is 0.508 e. The number of aryl methyl sites for hydroxylation is 1. The summed E-state index contributed by atoms with van der Waals surface area (Å²) in [5.41, 5.74) is 0.841. The Hall–Kier alpha value is -1.49. The highest BCUT2D eigenvalue weighted by atomic mass is 32.2. The number of benzene rings is 1. The predicted molar refractivity (Wildman–Crippen MR) is 65.6 cm³/mol. The van der Waals surface area contributed by atoms with Crippen molar-refractivity contribution in [3.05, 3.63) is 23.3 Å². The van der Waals surface area contributed by atoms with Gasteiger partial charge in [-0.05, 0) is 37.8 Å². The number of ether oxygens (including phenoxy) is 1. The van der Waals surface area contributed by atoms with Crippen molar-refractivity contribution in [2.24, 2.45) is 0 Å². The van der Waals surface area contributed by atoms with E-state index in [4.69, 9.17) is 0 Å². The molecule has 1 rings (SSSR count). The third-order valence-corrected chi connectivity index (χ3v) is 3.00. The molecule has 0 unspecified atom stereocenters. The minimum atomic E-state index is -0.897. The topological polar surface area (TPSA) is 63.6 Å². The molecule has 0 aromatic heterocycles. The van der Waals surface area contributed by atoms with E-state index in [1.807, 2.05) is 0 Å². The molecule has 0 saturated carbocycles. The van der Waals surface area contributed by atoms with Gasteiger partial charge in [0.15, 0.2) is 0 Å².